The normalized spacial score (nSPS) is 15.4. The van der Waals surface area contributed by atoms with Crippen molar-refractivity contribution in [1.29, 1.82) is 0 Å². The number of aromatic amines is 1. The number of H-pyrrole nitrogens is 1. The molecule has 0 fully saturated rings. The number of aliphatic imine (C=N–C) groups is 1. The summed E-state index contributed by atoms with van der Waals surface area (Å²) < 4.78 is 0. The molecule has 0 atom stereocenters. The second-order valence-electron chi connectivity index (χ2n) is 2.04. The molecule has 52 valence electrons. The van der Waals surface area contributed by atoms with Gasteiger partial charge in [0.15, 0.2) is 0 Å². The molecule has 1 aliphatic heterocycles. The van der Waals surface area contributed by atoms with Gasteiger partial charge in [-0.3, -0.25) is 5.10 Å². The van der Waals surface area contributed by atoms with Crippen molar-refractivity contribution in [3.8, 4) is 0 Å². The Hall–Kier alpha value is -1.52. The maximum absolute atomic E-state index is 5.54. The largest absolute Gasteiger partial charge is 0.383 e. The van der Waals surface area contributed by atoms with Gasteiger partial charge in [0.2, 0.25) is 0 Å². The van der Waals surface area contributed by atoms with E-state index in [0.717, 1.165) is 11.4 Å². The number of nitrogens with one attached hydrogen (secondary N) is 2. The van der Waals surface area contributed by atoms with E-state index in [9.17, 15) is 0 Å². The minimum atomic E-state index is 0.529. The molecule has 0 unspecified atom stereocenters. The van der Waals surface area contributed by atoms with Crippen LogP contribution in [0.5, 0.6) is 0 Å². The molecule has 5 heteroatoms. The number of hydrogen-bond acceptors (Lipinski definition) is 4. The fraction of sp³-hybridized carbons (Fsp3) is 0.200. The van der Waals surface area contributed by atoms with Crippen LogP contribution in [0.15, 0.2) is 11.2 Å². The summed E-state index contributed by atoms with van der Waals surface area (Å²) in [7, 11) is 0. The molecule has 10 heavy (non-hydrogen) atoms. The zero-order valence-electron chi connectivity index (χ0n) is 5.26. The van der Waals surface area contributed by atoms with Crippen LogP contribution in [-0.4, -0.2) is 22.7 Å². The fourth-order valence-electron chi connectivity index (χ4n) is 0.904. The van der Waals surface area contributed by atoms with Crippen molar-refractivity contribution < 1.29 is 0 Å². The van der Waals surface area contributed by atoms with E-state index >= 15 is 0 Å². The summed E-state index contributed by atoms with van der Waals surface area (Å²) in [4.78, 5) is 3.97. The molecular formula is C5H7N5. The lowest BCUT2D eigenvalue weighted by Gasteiger charge is -2.09. The summed E-state index contributed by atoms with van der Waals surface area (Å²) in [6.07, 6.45) is 1.65. The Morgan fingerprint density at radius 2 is 2.50 bits per heavy atom. The fourth-order valence-corrected chi connectivity index (χ4v) is 0.904. The van der Waals surface area contributed by atoms with Crippen molar-refractivity contribution in [2.45, 2.75) is 0 Å². The Morgan fingerprint density at radius 3 is 3.30 bits per heavy atom. The average Bonchev–Trinajstić information content (AvgIpc) is 2.36. The third kappa shape index (κ3) is 0.570. The van der Waals surface area contributed by atoms with Crippen LogP contribution in [0, 0.1) is 0 Å². The SMILES string of the molecule is NC1=NCNc2[nH]ncc21. The minimum Gasteiger partial charge on any atom is -0.383 e. The van der Waals surface area contributed by atoms with Crippen molar-refractivity contribution >= 4 is 11.7 Å². The number of rotatable bonds is 0. The first-order chi connectivity index (χ1) is 4.88. The van der Waals surface area contributed by atoms with Gasteiger partial charge in [-0.05, 0) is 0 Å². The molecular weight excluding hydrogens is 130 g/mol. The maximum Gasteiger partial charge on any atom is 0.134 e. The Balaban J connectivity index is 2.55. The van der Waals surface area contributed by atoms with E-state index in [0.29, 0.717) is 12.5 Å². The van der Waals surface area contributed by atoms with E-state index in [-0.39, 0.29) is 0 Å². The zero-order chi connectivity index (χ0) is 6.97. The van der Waals surface area contributed by atoms with Gasteiger partial charge in [0, 0.05) is 0 Å². The van der Waals surface area contributed by atoms with Gasteiger partial charge in [0.05, 0.1) is 11.8 Å². The topological polar surface area (TPSA) is 79.1 Å². The van der Waals surface area contributed by atoms with Crippen molar-refractivity contribution in [3.63, 3.8) is 0 Å². The maximum atomic E-state index is 5.54. The lowest BCUT2D eigenvalue weighted by molar-refractivity contribution is 1.04. The van der Waals surface area contributed by atoms with Crippen molar-refractivity contribution in [1.82, 2.24) is 10.2 Å². The summed E-state index contributed by atoms with van der Waals surface area (Å²) in [5.41, 5.74) is 6.39. The van der Waals surface area contributed by atoms with Gasteiger partial charge in [-0.1, -0.05) is 0 Å². The molecule has 5 nitrogen and oxygen atoms in total. The van der Waals surface area contributed by atoms with E-state index in [1.165, 1.54) is 0 Å². The van der Waals surface area contributed by atoms with Gasteiger partial charge < -0.3 is 11.1 Å². The van der Waals surface area contributed by atoms with Crippen LogP contribution in [0.3, 0.4) is 0 Å². The Labute approximate surface area is 57.3 Å². The summed E-state index contributed by atoms with van der Waals surface area (Å²) in [5.74, 6) is 1.40. The molecule has 0 spiro atoms. The molecule has 0 saturated heterocycles. The number of fused-ring (bicyclic) bond motifs is 1. The Bertz CT molecular complexity index is 273. The minimum absolute atomic E-state index is 0.529. The van der Waals surface area contributed by atoms with E-state index in [1.54, 1.807) is 6.20 Å². The number of aromatic nitrogens is 2. The Kier molecular flexibility index (Phi) is 0.913. The molecule has 2 rings (SSSR count). The highest BCUT2D eigenvalue weighted by Crippen LogP contribution is 2.12. The van der Waals surface area contributed by atoms with Gasteiger partial charge in [0.25, 0.3) is 0 Å². The molecule has 4 N–H and O–H groups in total. The summed E-state index contributed by atoms with van der Waals surface area (Å²) >= 11 is 0. The molecule has 0 aromatic carbocycles. The summed E-state index contributed by atoms with van der Waals surface area (Å²) in [6, 6.07) is 0. The second-order valence-corrected chi connectivity index (χ2v) is 2.04. The van der Waals surface area contributed by atoms with Crippen LogP contribution in [0.2, 0.25) is 0 Å². The monoisotopic (exact) mass is 137 g/mol. The highest BCUT2D eigenvalue weighted by atomic mass is 15.2. The predicted molar refractivity (Wildman–Crippen MR) is 37.8 cm³/mol. The molecule has 0 radical (unpaired) electrons. The molecule has 1 aliphatic rings. The third-order valence-corrected chi connectivity index (χ3v) is 1.42. The standard InChI is InChI=1S/C5H7N5/c6-4-3-1-9-10-5(3)8-2-7-4/h1H,2H2,(H2,6,7)(H2,8,9,10). The van der Waals surface area contributed by atoms with Gasteiger partial charge in [-0.15, -0.1) is 0 Å². The van der Waals surface area contributed by atoms with E-state index in [4.69, 9.17) is 5.73 Å². The van der Waals surface area contributed by atoms with Crippen molar-refractivity contribution in [2.75, 3.05) is 12.0 Å². The molecule has 1 aromatic rings. The van der Waals surface area contributed by atoms with Crippen LogP contribution in [0.25, 0.3) is 0 Å². The summed E-state index contributed by atoms with van der Waals surface area (Å²) in [6.45, 7) is 0.529. The van der Waals surface area contributed by atoms with Gasteiger partial charge >= 0.3 is 0 Å². The van der Waals surface area contributed by atoms with Crippen LogP contribution >= 0.6 is 0 Å². The van der Waals surface area contributed by atoms with Crippen molar-refractivity contribution in [2.24, 2.45) is 10.7 Å². The number of nitrogens with zero attached hydrogens (tertiary/aromatic N) is 2. The Morgan fingerprint density at radius 1 is 1.60 bits per heavy atom. The quantitative estimate of drug-likeness (QED) is 0.451. The number of amidine groups is 1. The number of nitrogens with two attached hydrogens (primary N) is 1. The van der Waals surface area contributed by atoms with Gasteiger partial charge in [-0.25, -0.2) is 4.99 Å². The van der Waals surface area contributed by atoms with Gasteiger partial charge in [0.1, 0.15) is 18.3 Å². The van der Waals surface area contributed by atoms with Crippen LogP contribution in [0.1, 0.15) is 5.56 Å². The smallest absolute Gasteiger partial charge is 0.134 e. The molecule has 1 aromatic heterocycles. The molecule has 0 bridgehead atoms. The van der Waals surface area contributed by atoms with E-state index in [1.807, 2.05) is 0 Å². The molecule has 2 heterocycles. The van der Waals surface area contributed by atoms with E-state index < -0.39 is 0 Å². The molecule has 0 amide bonds. The number of anilines is 1. The van der Waals surface area contributed by atoms with Gasteiger partial charge in [-0.2, -0.15) is 5.10 Å². The van der Waals surface area contributed by atoms with Crippen LogP contribution in [0.4, 0.5) is 5.82 Å². The number of hydrogen-bond donors (Lipinski definition) is 3. The zero-order valence-corrected chi connectivity index (χ0v) is 5.26. The first kappa shape index (κ1) is 5.28. The van der Waals surface area contributed by atoms with Crippen molar-refractivity contribution in [3.05, 3.63) is 11.8 Å². The predicted octanol–water partition coefficient (Wildman–Crippen LogP) is -0.502. The molecule has 0 saturated carbocycles. The lowest BCUT2D eigenvalue weighted by atomic mass is 10.3. The van der Waals surface area contributed by atoms with Crippen LogP contribution in [-0.2, 0) is 0 Å². The lowest BCUT2D eigenvalue weighted by Crippen LogP contribution is -2.21. The average molecular weight is 137 g/mol. The highest BCUT2D eigenvalue weighted by Gasteiger charge is 2.11. The second kappa shape index (κ2) is 1.73. The van der Waals surface area contributed by atoms with Crippen LogP contribution < -0.4 is 11.1 Å². The highest BCUT2D eigenvalue weighted by molar-refractivity contribution is 6.02. The molecule has 0 aliphatic carbocycles. The van der Waals surface area contributed by atoms with E-state index in [2.05, 4.69) is 20.5 Å². The first-order valence-electron chi connectivity index (χ1n) is 2.95. The first-order valence-corrected chi connectivity index (χ1v) is 2.95. The summed E-state index contributed by atoms with van der Waals surface area (Å²) in [5, 5.41) is 9.56. The third-order valence-electron chi connectivity index (χ3n) is 1.42.